The number of rotatable bonds is 2. The Morgan fingerprint density at radius 1 is 1.25 bits per heavy atom. The van der Waals surface area contributed by atoms with Gasteiger partial charge in [-0.05, 0) is 18.6 Å². The number of benzene rings is 1. The zero-order valence-electron chi connectivity index (χ0n) is 12.7. The Morgan fingerprint density at radius 2 is 2.08 bits per heavy atom. The number of amides is 4. The second-order valence-corrected chi connectivity index (χ2v) is 6.63. The van der Waals surface area contributed by atoms with E-state index in [4.69, 9.17) is 9.47 Å². The summed E-state index contributed by atoms with van der Waals surface area (Å²) in [6, 6.07) is 4.69. The lowest BCUT2D eigenvalue weighted by atomic mass is 10.2. The second-order valence-electron chi connectivity index (χ2n) is 5.71. The molecule has 1 aromatic carbocycles. The number of ether oxygens (including phenoxy) is 2. The first-order valence-corrected chi connectivity index (χ1v) is 8.55. The molecular formula is C15H15N3O5S. The van der Waals surface area contributed by atoms with Gasteiger partial charge in [0.25, 0.3) is 5.24 Å². The molecule has 0 saturated carbocycles. The van der Waals surface area contributed by atoms with Crippen LogP contribution in [0, 0.1) is 0 Å². The molecule has 1 aromatic rings. The van der Waals surface area contributed by atoms with E-state index in [2.05, 4.69) is 5.32 Å². The summed E-state index contributed by atoms with van der Waals surface area (Å²) in [7, 11) is 0. The Balaban J connectivity index is 1.39. The lowest BCUT2D eigenvalue weighted by Gasteiger charge is -2.22. The third-order valence-electron chi connectivity index (χ3n) is 4.22. The molecule has 0 aliphatic carbocycles. The minimum Gasteiger partial charge on any atom is -0.454 e. The highest BCUT2D eigenvalue weighted by molar-refractivity contribution is 8.14. The fraction of sp³-hybridized carbons (Fsp3) is 0.400. The van der Waals surface area contributed by atoms with Crippen LogP contribution in [-0.4, -0.2) is 58.7 Å². The summed E-state index contributed by atoms with van der Waals surface area (Å²) in [6.07, 6.45) is 0.604. The van der Waals surface area contributed by atoms with E-state index in [-0.39, 0.29) is 35.8 Å². The molecule has 4 amide bonds. The van der Waals surface area contributed by atoms with E-state index in [0.717, 1.165) is 11.8 Å². The van der Waals surface area contributed by atoms with Crippen molar-refractivity contribution < 1.29 is 23.9 Å². The van der Waals surface area contributed by atoms with Crippen molar-refractivity contribution in [2.24, 2.45) is 0 Å². The van der Waals surface area contributed by atoms with Crippen LogP contribution >= 0.6 is 11.8 Å². The quantitative estimate of drug-likeness (QED) is 0.875. The molecular weight excluding hydrogens is 334 g/mol. The van der Waals surface area contributed by atoms with Crippen LogP contribution in [-0.2, 0) is 4.79 Å². The minimum absolute atomic E-state index is 0.173. The number of carbonyl (C=O) groups excluding carboxylic acids is 3. The Kier molecular flexibility index (Phi) is 3.72. The predicted octanol–water partition coefficient (Wildman–Crippen LogP) is 1.72. The molecule has 3 aliphatic heterocycles. The maximum atomic E-state index is 12.4. The zero-order chi connectivity index (χ0) is 16.7. The summed E-state index contributed by atoms with van der Waals surface area (Å²) in [4.78, 5) is 38.8. The lowest BCUT2D eigenvalue weighted by molar-refractivity contribution is -0.126. The Bertz CT molecular complexity index is 709. The maximum Gasteiger partial charge on any atom is 0.321 e. The van der Waals surface area contributed by atoms with Crippen LogP contribution in [0.25, 0.3) is 0 Å². The number of carbonyl (C=O) groups is 3. The van der Waals surface area contributed by atoms with Crippen molar-refractivity contribution in [1.29, 1.82) is 0 Å². The van der Waals surface area contributed by atoms with Gasteiger partial charge >= 0.3 is 6.03 Å². The molecule has 2 fully saturated rings. The van der Waals surface area contributed by atoms with E-state index < -0.39 is 0 Å². The monoisotopic (exact) mass is 349 g/mol. The molecule has 0 radical (unpaired) electrons. The lowest BCUT2D eigenvalue weighted by Crippen LogP contribution is -2.42. The van der Waals surface area contributed by atoms with Crippen LogP contribution in [0.4, 0.5) is 15.3 Å². The predicted molar refractivity (Wildman–Crippen MR) is 86.3 cm³/mol. The highest BCUT2D eigenvalue weighted by Crippen LogP contribution is 2.34. The zero-order valence-corrected chi connectivity index (χ0v) is 13.5. The molecule has 0 unspecified atom stereocenters. The van der Waals surface area contributed by atoms with Crippen LogP contribution in [0.5, 0.6) is 11.5 Å². The van der Waals surface area contributed by atoms with Gasteiger partial charge in [-0.3, -0.25) is 14.5 Å². The molecule has 8 nitrogen and oxygen atoms in total. The van der Waals surface area contributed by atoms with E-state index >= 15 is 0 Å². The molecule has 4 rings (SSSR count). The van der Waals surface area contributed by atoms with Gasteiger partial charge in [-0.15, -0.1) is 0 Å². The summed E-state index contributed by atoms with van der Waals surface area (Å²) in [5, 5.41) is 2.59. The molecule has 0 aromatic heterocycles. The van der Waals surface area contributed by atoms with Crippen molar-refractivity contribution in [2.45, 2.75) is 12.5 Å². The first-order chi connectivity index (χ1) is 11.6. The molecule has 1 atom stereocenters. The van der Waals surface area contributed by atoms with E-state index in [0.29, 0.717) is 36.7 Å². The van der Waals surface area contributed by atoms with Gasteiger partial charge in [-0.25, -0.2) is 4.79 Å². The summed E-state index contributed by atoms with van der Waals surface area (Å²) in [5.74, 6) is 1.27. The molecule has 0 spiro atoms. The second kappa shape index (κ2) is 5.90. The Labute approximate surface area is 142 Å². The standard InChI is InChI=1S/C15H15N3O5S/c19-13-7-24-15(21)18(13)10-3-4-17(6-10)14(20)16-9-1-2-11-12(5-9)23-8-22-11/h1-2,5,10H,3-4,6-8H2,(H,16,20)/t10-/m0/s1. The van der Waals surface area contributed by atoms with Crippen LogP contribution in [0.3, 0.4) is 0 Å². The summed E-state index contributed by atoms with van der Waals surface area (Å²) < 4.78 is 10.5. The van der Waals surface area contributed by atoms with Gasteiger partial charge in [0.2, 0.25) is 12.7 Å². The van der Waals surface area contributed by atoms with E-state index in [1.807, 2.05) is 0 Å². The third kappa shape index (κ3) is 2.64. The average molecular weight is 349 g/mol. The highest BCUT2D eigenvalue weighted by Gasteiger charge is 2.40. The number of hydrogen-bond donors (Lipinski definition) is 1. The van der Waals surface area contributed by atoms with Crippen LogP contribution < -0.4 is 14.8 Å². The van der Waals surface area contributed by atoms with Gasteiger partial charge in [0, 0.05) is 24.8 Å². The van der Waals surface area contributed by atoms with Crippen LogP contribution in [0.15, 0.2) is 18.2 Å². The topological polar surface area (TPSA) is 88.2 Å². The molecule has 2 saturated heterocycles. The number of anilines is 1. The minimum atomic E-state index is -0.261. The molecule has 24 heavy (non-hydrogen) atoms. The fourth-order valence-electron chi connectivity index (χ4n) is 3.03. The van der Waals surface area contributed by atoms with Crippen molar-refractivity contribution in [3.8, 4) is 11.5 Å². The molecule has 126 valence electrons. The number of nitrogens with zero attached hydrogens (tertiary/aromatic N) is 2. The molecule has 3 heterocycles. The summed E-state index contributed by atoms with van der Waals surface area (Å²) in [6.45, 7) is 1.04. The normalized spacial score (nSPS) is 22.4. The molecule has 0 bridgehead atoms. The van der Waals surface area contributed by atoms with Crippen LogP contribution in [0.1, 0.15) is 6.42 Å². The van der Waals surface area contributed by atoms with Gasteiger partial charge < -0.3 is 19.7 Å². The molecule has 3 aliphatic rings. The number of urea groups is 1. The van der Waals surface area contributed by atoms with Crippen molar-refractivity contribution in [1.82, 2.24) is 9.80 Å². The maximum absolute atomic E-state index is 12.4. The SMILES string of the molecule is O=C(Nc1ccc2c(c1)OCO2)N1CC[C@H](N2C(=O)CSC2=O)C1. The van der Waals surface area contributed by atoms with E-state index in [1.165, 1.54) is 4.90 Å². The fourth-order valence-corrected chi connectivity index (χ4v) is 3.81. The van der Waals surface area contributed by atoms with Gasteiger partial charge in [-0.1, -0.05) is 11.8 Å². The van der Waals surface area contributed by atoms with Gasteiger partial charge in [0.15, 0.2) is 11.5 Å². The summed E-state index contributed by atoms with van der Waals surface area (Å²) >= 11 is 1.02. The van der Waals surface area contributed by atoms with Crippen molar-refractivity contribution in [3.05, 3.63) is 18.2 Å². The Morgan fingerprint density at radius 3 is 2.88 bits per heavy atom. The van der Waals surface area contributed by atoms with Crippen LogP contribution in [0.2, 0.25) is 0 Å². The Hall–Kier alpha value is -2.42. The van der Waals surface area contributed by atoms with Crippen molar-refractivity contribution >= 4 is 34.6 Å². The number of thioether (sulfide) groups is 1. The van der Waals surface area contributed by atoms with Gasteiger partial charge in [0.1, 0.15) is 0 Å². The number of likely N-dealkylation sites (tertiary alicyclic amines) is 1. The number of fused-ring (bicyclic) bond motifs is 1. The van der Waals surface area contributed by atoms with Gasteiger partial charge in [-0.2, -0.15) is 0 Å². The van der Waals surface area contributed by atoms with E-state index in [1.54, 1.807) is 23.1 Å². The average Bonchev–Trinajstić information content (AvgIpc) is 3.27. The summed E-state index contributed by atoms with van der Waals surface area (Å²) in [5.41, 5.74) is 0.608. The number of imide groups is 1. The molecule has 9 heteroatoms. The third-order valence-corrected chi connectivity index (χ3v) is 5.06. The van der Waals surface area contributed by atoms with Crippen molar-refractivity contribution in [3.63, 3.8) is 0 Å². The largest absolute Gasteiger partial charge is 0.454 e. The number of nitrogens with one attached hydrogen (secondary N) is 1. The number of hydrogen-bond acceptors (Lipinski definition) is 6. The first kappa shape index (κ1) is 15.1. The van der Waals surface area contributed by atoms with E-state index in [9.17, 15) is 14.4 Å². The smallest absolute Gasteiger partial charge is 0.321 e. The van der Waals surface area contributed by atoms with Crippen molar-refractivity contribution in [2.75, 3.05) is 31.0 Å². The first-order valence-electron chi connectivity index (χ1n) is 7.56. The highest BCUT2D eigenvalue weighted by atomic mass is 32.2. The molecule has 1 N–H and O–H groups in total. The van der Waals surface area contributed by atoms with Gasteiger partial charge in [0.05, 0.1) is 11.8 Å².